The van der Waals surface area contributed by atoms with Crippen LogP contribution in [0.1, 0.15) is 43.0 Å². The number of amides is 1. The van der Waals surface area contributed by atoms with Crippen LogP contribution < -0.4 is 24.4 Å². The minimum absolute atomic E-state index is 0.0964. The Balaban J connectivity index is 1.69. The Morgan fingerprint density at radius 2 is 1.68 bits per heavy atom. The molecule has 0 radical (unpaired) electrons. The summed E-state index contributed by atoms with van der Waals surface area (Å²) in [4.78, 5) is 30.1. The maximum Gasteiger partial charge on any atom is 0.416 e. The SMILES string of the molecule is COCCNc1cc2c(N(Cc3ccc(OC)cc3OC)C(=O)OC(C)(C)C)ncnc2c(-c2c(C)ccc(OCc3ccccc3)c2C)n1. The van der Waals surface area contributed by atoms with E-state index in [1.54, 1.807) is 27.4 Å². The number of pyridine rings is 1. The Labute approximate surface area is 293 Å². The second-order valence-electron chi connectivity index (χ2n) is 12.8. The van der Waals surface area contributed by atoms with E-state index in [0.29, 0.717) is 59.5 Å². The van der Waals surface area contributed by atoms with Gasteiger partial charge in [-0.15, -0.1) is 0 Å². The van der Waals surface area contributed by atoms with E-state index in [0.717, 1.165) is 33.6 Å². The zero-order valence-electron chi connectivity index (χ0n) is 30.0. The molecule has 2 heterocycles. The third-order valence-corrected chi connectivity index (χ3v) is 8.00. The number of aryl methyl sites for hydroxylation is 1. The fourth-order valence-corrected chi connectivity index (χ4v) is 5.59. The predicted molar refractivity (Wildman–Crippen MR) is 195 cm³/mol. The second kappa shape index (κ2) is 15.9. The van der Waals surface area contributed by atoms with Gasteiger partial charge in [-0.05, 0) is 70.0 Å². The molecule has 3 aromatic carbocycles. The van der Waals surface area contributed by atoms with Crippen molar-refractivity contribution in [2.45, 2.75) is 53.4 Å². The fraction of sp³-hybridized carbons (Fsp3) is 0.333. The van der Waals surface area contributed by atoms with Crippen molar-refractivity contribution in [1.29, 1.82) is 0 Å². The van der Waals surface area contributed by atoms with E-state index in [2.05, 4.69) is 10.3 Å². The van der Waals surface area contributed by atoms with E-state index < -0.39 is 11.7 Å². The van der Waals surface area contributed by atoms with Gasteiger partial charge >= 0.3 is 6.09 Å². The highest BCUT2D eigenvalue weighted by Gasteiger charge is 2.29. The summed E-state index contributed by atoms with van der Waals surface area (Å²) < 4.78 is 28.7. The highest BCUT2D eigenvalue weighted by molar-refractivity contribution is 6.04. The van der Waals surface area contributed by atoms with Crippen molar-refractivity contribution >= 4 is 28.6 Å². The summed E-state index contributed by atoms with van der Waals surface area (Å²) in [5.74, 6) is 2.84. The van der Waals surface area contributed by atoms with Gasteiger partial charge < -0.3 is 29.0 Å². The average Bonchev–Trinajstić information content (AvgIpc) is 3.10. The molecule has 0 saturated heterocycles. The number of carbonyl (C=O) groups excluding carboxylic acids is 1. The first kappa shape index (κ1) is 35.9. The lowest BCUT2D eigenvalue weighted by molar-refractivity contribution is 0.0576. The van der Waals surface area contributed by atoms with Gasteiger partial charge in [-0.2, -0.15) is 0 Å². The highest BCUT2D eigenvalue weighted by atomic mass is 16.6. The number of nitrogens with zero attached hydrogens (tertiary/aromatic N) is 4. The largest absolute Gasteiger partial charge is 0.497 e. The monoisotopic (exact) mass is 679 g/mol. The Bertz CT molecular complexity index is 1940. The molecular weight excluding hydrogens is 634 g/mol. The van der Waals surface area contributed by atoms with Gasteiger partial charge in [0.25, 0.3) is 0 Å². The molecule has 0 bridgehead atoms. The van der Waals surface area contributed by atoms with Crippen LogP contribution in [-0.4, -0.2) is 61.1 Å². The molecule has 1 amide bonds. The van der Waals surface area contributed by atoms with E-state index in [-0.39, 0.29) is 6.54 Å². The van der Waals surface area contributed by atoms with E-state index in [4.69, 9.17) is 33.7 Å². The first-order chi connectivity index (χ1) is 24.0. The van der Waals surface area contributed by atoms with Gasteiger partial charge in [-0.25, -0.2) is 19.7 Å². The lowest BCUT2D eigenvalue weighted by atomic mass is 9.97. The zero-order chi connectivity index (χ0) is 35.8. The molecule has 0 aliphatic carbocycles. The second-order valence-corrected chi connectivity index (χ2v) is 12.8. The molecule has 1 N–H and O–H groups in total. The van der Waals surface area contributed by atoms with Crippen LogP contribution in [0.25, 0.3) is 22.2 Å². The molecular formula is C39H45N5O6. The number of ether oxygens (including phenoxy) is 5. The van der Waals surface area contributed by atoms with E-state index in [1.807, 2.05) is 95.3 Å². The van der Waals surface area contributed by atoms with Crippen molar-refractivity contribution in [1.82, 2.24) is 15.0 Å². The van der Waals surface area contributed by atoms with Gasteiger partial charge in [0.2, 0.25) is 0 Å². The normalized spacial score (nSPS) is 11.3. The fourth-order valence-electron chi connectivity index (χ4n) is 5.59. The summed E-state index contributed by atoms with van der Waals surface area (Å²) in [5, 5.41) is 3.97. The van der Waals surface area contributed by atoms with Crippen LogP contribution in [0.5, 0.6) is 17.2 Å². The Morgan fingerprint density at radius 1 is 0.900 bits per heavy atom. The van der Waals surface area contributed by atoms with Crippen LogP contribution in [-0.2, 0) is 22.6 Å². The number of methoxy groups -OCH3 is 3. The number of fused-ring (bicyclic) bond motifs is 1. The minimum Gasteiger partial charge on any atom is -0.497 e. The van der Waals surface area contributed by atoms with Crippen molar-refractivity contribution in [2.75, 3.05) is 44.7 Å². The van der Waals surface area contributed by atoms with Crippen LogP contribution in [0.3, 0.4) is 0 Å². The lowest BCUT2D eigenvalue weighted by Crippen LogP contribution is -2.37. The number of benzene rings is 3. The number of hydrogen-bond acceptors (Lipinski definition) is 10. The van der Waals surface area contributed by atoms with Crippen LogP contribution in [0.2, 0.25) is 0 Å². The number of carbonyl (C=O) groups is 1. The summed E-state index contributed by atoms with van der Waals surface area (Å²) in [6.07, 6.45) is 0.871. The molecule has 0 aliphatic rings. The van der Waals surface area contributed by atoms with Crippen molar-refractivity contribution < 1.29 is 28.5 Å². The Morgan fingerprint density at radius 3 is 2.38 bits per heavy atom. The van der Waals surface area contributed by atoms with Gasteiger partial charge in [0.15, 0.2) is 0 Å². The third kappa shape index (κ3) is 8.41. The molecule has 0 spiro atoms. The van der Waals surface area contributed by atoms with Crippen LogP contribution in [0.4, 0.5) is 16.4 Å². The van der Waals surface area contributed by atoms with Gasteiger partial charge in [0.1, 0.15) is 52.9 Å². The third-order valence-electron chi connectivity index (χ3n) is 8.00. The molecule has 262 valence electrons. The number of hydrogen-bond donors (Lipinski definition) is 1. The van der Waals surface area contributed by atoms with Gasteiger partial charge in [0.05, 0.1) is 33.1 Å². The Kier molecular flexibility index (Phi) is 11.4. The topological polar surface area (TPSA) is 117 Å². The summed E-state index contributed by atoms with van der Waals surface area (Å²) in [6, 6.07) is 21.3. The molecule has 11 heteroatoms. The summed E-state index contributed by atoms with van der Waals surface area (Å²) >= 11 is 0. The molecule has 5 aromatic rings. The molecule has 0 unspecified atom stereocenters. The van der Waals surface area contributed by atoms with Gasteiger partial charge in [0, 0.05) is 41.8 Å². The Hall–Kier alpha value is -5.42. The van der Waals surface area contributed by atoms with Crippen LogP contribution >= 0.6 is 0 Å². The smallest absolute Gasteiger partial charge is 0.416 e. The van der Waals surface area contributed by atoms with Gasteiger partial charge in [-0.3, -0.25) is 4.90 Å². The summed E-state index contributed by atoms with van der Waals surface area (Å²) in [5.41, 5.74) is 4.99. The van der Waals surface area contributed by atoms with Crippen LogP contribution in [0, 0.1) is 13.8 Å². The maximum absolute atomic E-state index is 14.0. The standard InChI is InChI=1S/C39H45N5O6/c1-25-14-17-31(49-23-27-12-10-9-11-13-27)26(2)34(25)36-35-30(21-33(43-36)40-18-19-46-6)37(42-24-41-35)44(38(45)50-39(3,4)5)22-28-15-16-29(47-7)20-32(28)48-8/h9-17,20-21,24H,18-19,22-23H2,1-8H3,(H,40,43). The number of rotatable bonds is 13. The zero-order valence-corrected chi connectivity index (χ0v) is 30.0. The predicted octanol–water partition coefficient (Wildman–Crippen LogP) is 7.90. The first-order valence-electron chi connectivity index (χ1n) is 16.4. The summed E-state index contributed by atoms with van der Waals surface area (Å²) in [7, 11) is 4.81. The molecule has 0 aliphatic heterocycles. The lowest BCUT2D eigenvalue weighted by Gasteiger charge is -2.28. The van der Waals surface area contributed by atoms with E-state index in [9.17, 15) is 4.79 Å². The molecule has 0 saturated carbocycles. The number of nitrogens with one attached hydrogen (secondary N) is 1. The van der Waals surface area contributed by atoms with Crippen molar-refractivity contribution in [2.24, 2.45) is 0 Å². The molecule has 11 nitrogen and oxygen atoms in total. The first-order valence-corrected chi connectivity index (χ1v) is 16.4. The molecule has 5 rings (SSSR count). The molecule has 0 fully saturated rings. The van der Waals surface area contributed by atoms with Crippen molar-refractivity contribution in [3.63, 3.8) is 0 Å². The number of anilines is 2. The van der Waals surface area contributed by atoms with E-state index in [1.165, 1.54) is 11.2 Å². The molecule has 2 aromatic heterocycles. The van der Waals surface area contributed by atoms with Crippen molar-refractivity contribution in [3.05, 3.63) is 95.3 Å². The minimum atomic E-state index is -0.768. The number of aromatic nitrogens is 3. The molecule has 0 atom stereocenters. The quantitative estimate of drug-likeness (QED) is 0.123. The summed E-state index contributed by atoms with van der Waals surface area (Å²) in [6.45, 7) is 11.0. The van der Waals surface area contributed by atoms with Gasteiger partial charge in [-0.1, -0.05) is 36.4 Å². The maximum atomic E-state index is 14.0. The van der Waals surface area contributed by atoms with Crippen LogP contribution in [0.15, 0.2) is 73.1 Å². The highest BCUT2D eigenvalue weighted by Crippen LogP contribution is 2.39. The average molecular weight is 680 g/mol. The van der Waals surface area contributed by atoms with Crippen molar-refractivity contribution in [3.8, 4) is 28.5 Å². The van der Waals surface area contributed by atoms with E-state index >= 15 is 0 Å². The molecule has 50 heavy (non-hydrogen) atoms.